The topological polar surface area (TPSA) is 120 Å². The number of fused-ring (bicyclic) bond motifs is 1. The maximum absolute atomic E-state index is 12.0. The molecule has 216 valence electrons. The van der Waals surface area contributed by atoms with Crippen LogP contribution in [0.1, 0.15) is 6.42 Å². The van der Waals surface area contributed by atoms with E-state index in [9.17, 15) is 4.79 Å². The van der Waals surface area contributed by atoms with Gasteiger partial charge in [0.05, 0.1) is 78.9 Å². The van der Waals surface area contributed by atoms with E-state index in [1.807, 2.05) is 6.07 Å². The molecular weight excluding hydrogens is 571 g/mol. The van der Waals surface area contributed by atoms with E-state index >= 15 is 0 Å². The van der Waals surface area contributed by atoms with Crippen LogP contribution in [0.15, 0.2) is 31.0 Å². The highest BCUT2D eigenvalue weighted by Gasteiger charge is 2.50. The van der Waals surface area contributed by atoms with Gasteiger partial charge in [0.2, 0.25) is 5.91 Å². The Bertz CT molecular complexity index is 1480. The third-order valence-electron chi connectivity index (χ3n) is 7.73. The summed E-state index contributed by atoms with van der Waals surface area (Å²) in [6.45, 7) is 7.62. The van der Waals surface area contributed by atoms with Gasteiger partial charge in [0.1, 0.15) is 23.1 Å². The maximum atomic E-state index is 12.0. The second kappa shape index (κ2) is 11.1. The number of carbonyl (C=O) groups excluding carboxylic acids is 1. The van der Waals surface area contributed by atoms with Crippen molar-refractivity contribution in [3.63, 3.8) is 0 Å². The Morgan fingerprint density at radius 1 is 1.12 bits per heavy atom. The minimum Gasteiger partial charge on any atom is -0.495 e. The Balaban J connectivity index is 1.41. The van der Waals surface area contributed by atoms with Crippen LogP contribution in [0.4, 0.5) is 11.6 Å². The van der Waals surface area contributed by atoms with Crippen molar-refractivity contribution in [2.24, 2.45) is 5.41 Å². The Kier molecular flexibility index (Phi) is 7.54. The first kappa shape index (κ1) is 27.8. The van der Waals surface area contributed by atoms with Crippen molar-refractivity contribution >= 4 is 51.6 Å². The van der Waals surface area contributed by atoms with Gasteiger partial charge in [-0.05, 0) is 18.6 Å². The molecule has 0 saturated carbocycles. The Labute approximate surface area is 247 Å². The number of carbonyl (C=O) groups is 1. The predicted octanol–water partition coefficient (Wildman–Crippen LogP) is 3.72. The average Bonchev–Trinajstić information content (AvgIpc) is 2.93. The Morgan fingerprint density at radius 2 is 1.85 bits per heavy atom. The largest absolute Gasteiger partial charge is 0.495 e. The molecule has 1 amide bonds. The fourth-order valence-corrected chi connectivity index (χ4v) is 6.17. The third kappa shape index (κ3) is 5.12. The van der Waals surface area contributed by atoms with Gasteiger partial charge in [-0.25, -0.2) is 15.0 Å². The first-order valence-corrected chi connectivity index (χ1v) is 14.0. The molecule has 3 aromatic rings. The monoisotopic (exact) mass is 600 g/mol. The van der Waals surface area contributed by atoms with E-state index in [1.165, 1.54) is 20.3 Å². The number of pyridine rings is 1. The number of nitrogens with zero attached hydrogens (tertiary/aromatic N) is 4. The van der Waals surface area contributed by atoms with E-state index < -0.39 is 0 Å². The highest BCUT2D eigenvalue weighted by molar-refractivity contribution is 6.41. The molecule has 2 N–H and O–H groups in total. The maximum Gasteiger partial charge on any atom is 0.243 e. The standard InChI is InChI=1S/C28H30Cl2N6O5/c1-4-22(37)33-16-5-6-40-10-18(16)32-21-7-15-17(9-31-21)34-26(35-27(15)36-11-28(12-36)13-41-14-28)23-24(29)19(38-2)8-20(39-3)25(23)30/h4,7-9,16,18H,1,5-6,10-14H2,2-3H3,(H,31,32)(H,33,37)/t16-,18+/m0/s1. The van der Waals surface area contributed by atoms with Crippen molar-refractivity contribution in [3.05, 3.63) is 41.0 Å². The summed E-state index contributed by atoms with van der Waals surface area (Å²) in [6, 6.07) is 3.24. The van der Waals surface area contributed by atoms with Gasteiger partial charge in [0, 0.05) is 31.1 Å². The number of hydrogen-bond donors (Lipinski definition) is 2. The number of hydrogen-bond acceptors (Lipinski definition) is 10. The number of benzene rings is 1. The summed E-state index contributed by atoms with van der Waals surface area (Å²) in [5, 5.41) is 7.80. The van der Waals surface area contributed by atoms with E-state index in [0.717, 1.165) is 37.5 Å². The van der Waals surface area contributed by atoms with E-state index in [-0.39, 0.29) is 33.5 Å². The van der Waals surface area contributed by atoms with Gasteiger partial charge in [0.25, 0.3) is 0 Å². The van der Waals surface area contributed by atoms with Gasteiger partial charge in [-0.2, -0.15) is 0 Å². The minimum atomic E-state index is -0.225. The molecule has 2 atom stereocenters. The quantitative estimate of drug-likeness (QED) is 0.370. The first-order valence-electron chi connectivity index (χ1n) is 13.2. The SMILES string of the molecule is C=CC(=O)N[C@H]1CCOC[C@H]1Nc1cc2c(N3CC4(COC4)C3)nc(-c3c(Cl)c(OC)cc(OC)c3Cl)nc2cn1. The van der Waals surface area contributed by atoms with Crippen LogP contribution in [-0.2, 0) is 14.3 Å². The van der Waals surface area contributed by atoms with Gasteiger partial charge < -0.3 is 34.5 Å². The lowest BCUT2D eigenvalue weighted by Gasteiger charge is -2.55. The van der Waals surface area contributed by atoms with Crippen molar-refractivity contribution in [1.82, 2.24) is 20.3 Å². The van der Waals surface area contributed by atoms with E-state index in [0.29, 0.717) is 53.9 Å². The van der Waals surface area contributed by atoms with Gasteiger partial charge >= 0.3 is 0 Å². The molecule has 2 aromatic heterocycles. The van der Waals surface area contributed by atoms with Gasteiger partial charge in [-0.15, -0.1) is 0 Å². The van der Waals surface area contributed by atoms with Crippen molar-refractivity contribution in [3.8, 4) is 22.9 Å². The number of amides is 1. The van der Waals surface area contributed by atoms with Crippen molar-refractivity contribution in [2.45, 2.75) is 18.5 Å². The van der Waals surface area contributed by atoms with Crippen molar-refractivity contribution in [1.29, 1.82) is 0 Å². The van der Waals surface area contributed by atoms with Crippen molar-refractivity contribution in [2.75, 3.05) is 64.0 Å². The molecule has 0 radical (unpaired) electrons. The summed E-state index contributed by atoms with van der Waals surface area (Å²) in [5.74, 6) is 2.25. The fourth-order valence-electron chi connectivity index (χ4n) is 5.50. The summed E-state index contributed by atoms with van der Waals surface area (Å²) in [7, 11) is 3.04. The summed E-state index contributed by atoms with van der Waals surface area (Å²) < 4.78 is 22.1. The van der Waals surface area contributed by atoms with Crippen LogP contribution in [0, 0.1) is 5.41 Å². The lowest BCUT2D eigenvalue weighted by Crippen LogP contribution is -2.66. The highest BCUT2D eigenvalue weighted by atomic mass is 35.5. The zero-order chi connectivity index (χ0) is 28.7. The zero-order valence-electron chi connectivity index (χ0n) is 22.7. The average molecular weight is 601 g/mol. The summed E-state index contributed by atoms with van der Waals surface area (Å²) in [4.78, 5) is 28.6. The van der Waals surface area contributed by atoms with Crippen LogP contribution in [0.3, 0.4) is 0 Å². The number of anilines is 2. The second-order valence-electron chi connectivity index (χ2n) is 10.5. The molecular formula is C28H30Cl2N6O5. The molecule has 1 spiro atoms. The molecule has 13 heteroatoms. The molecule has 3 aliphatic rings. The van der Waals surface area contributed by atoms with Crippen LogP contribution in [0.5, 0.6) is 11.5 Å². The van der Waals surface area contributed by atoms with Crippen molar-refractivity contribution < 1.29 is 23.7 Å². The van der Waals surface area contributed by atoms with E-state index in [2.05, 4.69) is 27.1 Å². The fraction of sp³-hybridized carbons (Fsp3) is 0.429. The van der Waals surface area contributed by atoms with Crippen LogP contribution in [0.25, 0.3) is 22.3 Å². The molecule has 11 nitrogen and oxygen atoms in total. The molecule has 6 rings (SSSR count). The van der Waals surface area contributed by atoms with E-state index in [4.69, 9.17) is 52.1 Å². The molecule has 0 unspecified atom stereocenters. The van der Waals surface area contributed by atoms with E-state index in [1.54, 1.807) is 12.3 Å². The summed E-state index contributed by atoms with van der Waals surface area (Å²) in [6.07, 6.45) is 3.63. The van der Waals surface area contributed by atoms with Gasteiger partial charge in [0.15, 0.2) is 5.82 Å². The normalized spacial score (nSPS) is 21.1. The molecule has 0 aliphatic carbocycles. The third-order valence-corrected chi connectivity index (χ3v) is 8.48. The number of rotatable bonds is 8. The van der Waals surface area contributed by atoms with Crippen LogP contribution in [-0.4, -0.2) is 86.7 Å². The van der Waals surface area contributed by atoms with Crippen LogP contribution < -0.4 is 25.0 Å². The molecule has 41 heavy (non-hydrogen) atoms. The number of ether oxygens (including phenoxy) is 4. The zero-order valence-corrected chi connectivity index (χ0v) is 24.2. The number of methoxy groups -OCH3 is 2. The lowest BCUT2D eigenvalue weighted by molar-refractivity contribution is -0.127. The molecule has 5 heterocycles. The minimum absolute atomic E-state index is 0.133. The second-order valence-corrected chi connectivity index (χ2v) is 11.3. The lowest BCUT2D eigenvalue weighted by atomic mass is 9.78. The Morgan fingerprint density at radius 3 is 2.49 bits per heavy atom. The van der Waals surface area contributed by atoms with Crippen LogP contribution >= 0.6 is 23.2 Å². The van der Waals surface area contributed by atoms with Gasteiger partial charge in [-0.1, -0.05) is 29.8 Å². The molecule has 0 bridgehead atoms. The first-order chi connectivity index (χ1) is 19.8. The smallest absolute Gasteiger partial charge is 0.243 e. The predicted molar refractivity (Wildman–Crippen MR) is 156 cm³/mol. The molecule has 3 saturated heterocycles. The number of aromatic nitrogens is 3. The number of nitrogens with one attached hydrogen (secondary N) is 2. The Hall–Kier alpha value is -3.38. The highest BCUT2D eigenvalue weighted by Crippen LogP contribution is 2.47. The molecule has 1 aromatic carbocycles. The molecule has 3 fully saturated rings. The molecule has 3 aliphatic heterocycles. The summed E-state index contributed by atoms with van der Waals surface area (Å²) >= 11 is 13.5. The summed E-state index contributed by atoms with van der Waals surface area (Å²) in [5.41, 5.74) is 1.18. The van der Waals surface area contributed by atoms with Crippen LogP contribution in [0.2, 0.25) is 10.0 Å². The number of halogens is 2. The van der Waals surface area contributed by atoms with Gasteiger partial charge in [-0.3, -0.25) is 4.79 Å².